The number of nitrogens with zero attached hydrogens (tertiary/aromatic N) is 3. The van der Waals surface area contributed by atoms with E-state index < -0.39 is 0 Å². The number of amides is 1. The topological polar surface area (TPSA) is 69.0 Å². The summed E-state index contributed by atoms with van der Waals surface area (Å²) in [5, 5.41) is 12.1. The average Bonchev–Trinajstić information content (AvgIpc) is 3.02. The minimum atomic E-state index is -0.0791. The molecule has 0 unspecified atom stereocenters. The van der Waals surface area contributed by atoms with Gasteiger partial charge in [0.2, 0.25) is 5.91 Å². The van der Waals surface area contributed by atoms with Crippen molar-refractivity contribution in [1.82, 2.24) is 14.8 Å². The number of ether oxygens (including phenoxy) is 1. The molecule has 1 amide bonds. The van der Waals surface area contributed by atoms with Crippen molar-refractivity contribution < 1.29 is 9.53 Å². The molecule has 0 aliphatic carbocycles. The van der Waals surface area contributed by atoms with Crippen molar-refractivity contribution in [3.05, 3.63) is 62.9 Å². The lowest BCUT2D eigenvalue weighted by atomic mass is 10.1. The first-order valence-corrected chi connectivity index (χ1v) is 11.3. The molecule has 158 valence electrons. The van der Waals surface area contributed by atoms with Gasteiger partial charge in [0.25, 0.3) is 0 Å². The monoisotopic (exact) mass is 488 g/mol. The van der Waals surface area contributed by atoms with Crippen LogP contribution in [0.3, 0.4) is 0 Å². The third-order valence-electron chi connectivity index (χ3n) is 4.71. The van der Waals surface area contributed by atoms with E-state index in [1.54, 1.807) is 0 Å². The van der Waals surface area contributed by atoms with E-state index in [2.05, 4.69) is 44.4 Å². The molecule has 30 heavy (non-hydrogen) atoms. The van der Waals surface area contributed by atoms with E-state index >= 15 is 0 Å². The molecule has 1 aromatic heterocycles. The van der Waals surface area contributed by atoms with E-state index in [4.69, 9.17) is 4.74 Å². The van der Waals surface area contributed by atoms with Crippen molar-refractivity contribution in [2.75, 3.05) is 11.1 Å². The number of carbonyl (C=O) groups is 1. The number of hydrogen-bond acceptors (Lipinski definition) is 5. The van der Waals surface area contributed by atoms with Gasteiger partial charge in [-0.3, -0.25) is 4.79 Å². The quantitative estimate of drug-likeness (QED) is 0.467. The molecule has 0 aliphatic heterocycles. The molecule has 0 fully saturated rings. The maximum absolute atomic E-state index is 12.4. The fourth-order valence-electron chi connectivity index (χ4n) is 3.11. The number of carbonyl (C=O) groups excluding carboxylic acids is 1. The van der Waals surface area contributed by atoms with Gasteiger partial charge in [-0.25, -0.2) is 0 Å². The van der Waals surface area contributed by atoms with E-state index in [0.29, 0.717) is 17.6 Å². The van der Waals surface area contributed by atoms with Crippen LogP contribution in [-0.4, -0.2) is 26.4 Å². The van der Waals surface area contributed by atoms with Crippen LogP contribution in [-0.2, 0) is 18.4 Å². The number of aromatic nitrogens is 3. The van der Waals surface area contributed by atoms with Gasteiger partial charge in [-0.2, -0.15) is 0 Å². The van der Waals surface area contributed by atoms with Gasteiger partial charge < -0.3 is 14.6 Å². The number of anilines is 1. The second-order valence-electron chi connectivity index (χ2n) is 7.27. The smallest absolute Gasteiger partial charge is 0.234 e. The summed E-state index contributed by atoms with van der Waals surface area (Å²) in [6, 6.07) is 10.0. The van der Waals surface area contributed by atoms with Gasteiger partial charge in [0.1, 0.15) is 12.4 Å². The molecule has 3 rings (SSSR count). The molecule has 1 heterocycles. The molecule has 0 radical (unpaired) electrons. The van der Waals surface area contributed by atoms with Crippen molar-refractivity contribution in [2.45, 2.75) is 39.5 Å². The van der Waals surface area contributed by atoms with Gasteiger partial charge in [-0.15, -0.1) is 10.2 Å². The number of thioether (sulfide) groups is 1. The Labute approximate surface area is 189 Å². The Hall–Kier alpha value is -2.32. The van der Waals surface area contributed by atoms with Crippen LogP contribution >= 0.6 is 27.7 Å². The second-order valence-corrected chi connectivity index (χ2v) is 9.13. The Bertz CT molecular complexity index is 1060. The maximum Gasteiger partial charge on any atom is 0.234 e. The van der Waals surface area contributed by atoms with Gasteiger partial charge in [-0.05, 0) is 62.6 Å². The Morgan fingerprint density at radius 3 is 2.47 bits per heavy atom. The molecular weight excluding hydrogens is 464 g/mol. The number of nitrogens with one attached hydrogen (secondary N) is 1. The van der Waals surface area contributed by atoms with Crippen molar-refractivity contribution in [2.24, 2.45) is 7.05 Å². The highest BCUT2D eigenvalue weighted by molar-refractivity contribution is 9.10. The molecule has 0 saturated carbocycles. The average molecular weight is 489 g/mol. The molecule has 2 aromatic carbocycles. The van der Waals surface area contributed by atoms with Gasteiger partial charge >= 0.3 is 0 Å². The van der Waals surface area contributed by atoms with Crippen LogP contribution in [0.1, 0.15) is 28.1 Å². The molecular formula is C22H25BrN4O2S. The van der Waals surface area contributed by atoms with E-state index in [9.17, 15) is 4.79 Å². The Kier molecular flexibility index (Phi) is 7.20. The summed E-state index contributed by atoms with van der Waals surface area (Å²) in [6.07, 6.45) is 0. The lowest BCUT2D eigenvalue weighted by molar-refractivity contribution is -0.113. The second kappa shape index (κ2) is 9.66. The summed E-state index contributed by atoms with van der Waals surface area (Å²) >= 11 is 4.82. The van der Waals surface area contributed by atoms with Gasteiger partial charge in [0, 0.05) is 17.2 Å². The van der Waals surface area contributed by atoms with E-state index in [1.165, 1.54) is 17.3 Å². The molecule has 3 aromatic rings. The summed E-state index contributed by atoms with van der Waals surface area (Å²) in [7, 11) is 1.88. The van der Waals surface area contributed by atoms with Crippen molar-refractivity contribution >= 4 is 39.3 Å². The van der Waals surface area contributed by atoms with Crippen LogP contribution in [0.25, 0.3) is 0 Å². The van der Waals surface area contributed by atoms with Crippen LogP contribution in [0.4, 0.5) is 5.69 Å². The van der Waals surface area contributed by atoms with Crippen LogP contribution in [0.2, 0.25) is 0 Å². The molecule has 8 heteroatoms. The fraction of sp³-hybridized carbons (Fsp3) is 0.318. The van der Waals surface area contributed by atoms with Crippen LogP contribution in [0, 0.1) is 27.7 Å². The fourth-order valence-corrected chi connectivity index (χ4v) is 4.53. The van der Waals surface area contributed by atoms with E-state index in [0.717, 1.165) is 32.6 Å². The lowest BCUT2D eigenvalue weighted by Gasteiger charge is -2.12. The first-order chi connectivity index (χ1) is 14.2. The summed E-state index contributed by atoms with van der Waals surface area (Å²) in [6.45, 7) is 8.35. The number of halogens is 1. The molecule has 1 N–H and O–H groups in total. The standard InChI is InChI=1S/C22H25BrN4O2S/c1-13-6-7-18(14(2)8-13)29-11-19-25-26-22(27(19)5)30-12-20(28)24-21-15(3)9-17(23)10-16(21)4/h6-10H,11-12H2,1-5H3,(H,24,28). The minimum Gasteiger partial charge on any atom is -0.485 e. The third-order valence-corrected chi connectivity index (χ3v) is 6.18. The number of aryl methyl sites for hydroxylation is 4. The molecule has 0 bridgehead atoms. The third kappa shape index (κ3) is 5.43. The predicted octanol–water partition coefficient (Wildman–Crippen LogP) is 5.12. The SMILES string of the molecule is Cc1ccc(OCc2nnc(SCC(=O)Nc3c(C)cc(Br)cc3C)n2C)c(C)c1. The van der Waals surface area contributed by atoms with Gasteiger partial charge in [-0.1, -0.05) is 45.4 Å². The Balaban J connectivity index is 1.58. The highest BCUT2D eigenvalue weighted by atomic mass is 79.9. The lowest BCUT2D eigenvalue weighted by Crippen LogP contribution is -2.16. The van der Waals surface area contributed by atoms with E-state index in [-0.39, 0.29) is 11.7 Å². The minimum absolute atomic E-state index is 0.0791. The van der Waals surface area contributed by atoms with Crippen molar-refractivity contribution in [3.63, 3.8) is 0 Å². The van der Waals surface area contributed by atoms with Crippen LogP contribution in [0.15, 0.2) is 40.0 Å². The first-order valence-electron chi connectivity index (χ1n) is 9.52. The van der Waals surface area contributed by atoms with Gasteiger partial charge in [0.05, 0.1) is 5.75 Å². The van der Waals surface area contributed by atoms with Crippen molar-refractivity contribution in [1.29, 1.82) is 0 Å². The molecule has 0 atom stereocenters. The number of benzene rings is 2. The number of rotatable bonds is 7. The zero-order valence-corrected chi connectivity index (χ0v) is 20.1. The number of hydrogen-bond donors (Lipinski definition) is 1. The van der Waals surface area contributed by atoms with Crippen LogP contribution < -0.4 is 10.1 Å². The van der Waals surface area contributed by atoms with Crippen LogP contribution in [0.5, 0.6) is 5.75 Å². The maximum atomic E-state index is 12.4. The molecule has 0 aliphatic rings. The van der Waals surface area contributed by atoms with E-state index in [1.807, 2.05) is 56.7 Å². The zero-order valence-electron chi connectivity index (χ0n) is 17.7. The summed E-state index contributed by atoms with van der Waals surface area (Å²) < 4.78 is 8.76. The predicted molar refractivity (Wildman–Crippen MR) is 124 cm³/mol. The summed E-state index contributed by atoms with van der Waals surface area (Å²) in [5.41, 5.74) is 5.17. The Morgan fingerprint density at radius 1 is 1.10 bits per heavy atom. The Morgan fingerprint density at radius 2 is 1.80 bits per heavy atom. The normalized spacial score (nSPS) is 10.9. The molecule has 0 spiro atoms. The van der Waals surface area contributed by atoms with Gasteiger partial charge in [0.15, 0.2) is 11.0 Å². The summed E-state index contributed by atoms with van der Waals surface area (Å²) in [4.78, 5) is 12.4. The molecule has 0 saturated heterocycles. The van der Waals surface area contributed by atoms with Crippen molar-refractivity contribution in [3.8, 4) is 5.75 Å². The largest absolute Gasteiger partial charge is 0.485 e. The zero-order chi connectivity index (χ0) is 21.8. The highest BCUT2D eigenvalue weighted by Crippen LogP contribution is 2.26. The summed E-state index contributed by atoms with van der Waals surface area (Å²) in [5.74, 6) is 1.71. The molecule has 6 nitrogen and oxygen atoms in total. The highest BCUT2D eigenvalue weighted by Gasteiger charge is 2.14. The first kappa shape index (κ1) is 22.4.